The number of rotatable bonds is 4. The van der Waals surface area contributed by atoms with Gasteiger partial charge in [0.2, 0.25) is 0 Å². The second-order valence-corrected chi connectivity index (χ2v) is 5.82. The van der Waals surface area contributed by atoms with E-state index < -0.39 is 0 Å². The molecule has 0 bridgehead atoms. The minimum atomic E-state index is 0.131. The summed E-state index contributed by atoms with van der Waals surface area (Å²) < 4.78 is 5.53. The zero-order chi connectivity index (χ0) is 13.1. The van der Waals surface area contributed by atoms with Gasteiger partial charge in [0.1, 0.15) is 0 Å². The van der Waals surface area contributed by atoms with Gasteiger partial charge in [-0.2, -0.15) is 0 Å². The van der Waals surface area contributed by atoms with E-state index in [1.807, 2.05) is 12.3 Å². The highest BCUT2D eigenvalue weighted by atomic mass is 16.5. The number of ether oxygens (including phenoxy) is 1. The highest BCUT2D eigenvalue weighted by Gasteiger charge is 2.46. The fourth-order valence-corrected chi connectivity index (χ4v) is 3.12. The van der Waals surface area contributed by atoms with Crippen molar-refractivity contribution in [2.24, 2.45) is 5.92 Å². The Kier molecular flexibility index (Phi) is 3.82. The molecular weight excluding hydrogens is 238 g/mol. The second kappa shape index (κ2) is 5.57. The van der Waals surface area contributed by atoms with E-state index in [0.717, 1.165) is 45.9 Å². The molecule has 0 amide bonds. The molecule has 3 heterocycles. The summed E-state index contributed by atoms with van der Waals surface area (Å²) in [7, 11) is 0. The van der Waals surface area contributed by atoms with Crippen molar-refractivity contribution < 1.29 is 4.74 Å². The first-order valence-electron chi connectivity index (χ1n) is 7.24. The third kappa shape index (κ3) is 2.53. The molecule has 1 atom stereocenters. The van der Waals surface area contributed by atoms with Crippen molar-refractivity contribution in [1.82, 2.24) is 15.2 Å². The molecule has 1 unspecified atom stereocenters. The van der Waals surface area contributed by atoms with Gasteiger partial charge in [0, 0.05) is 38.9 Å². The molecular formula is C15H23N3O. The molecule has 0 saturated carbocycles. The summed E-state index contributed by atoms with van der Waals surface area (Å²) in [6, 6.07) is 6.22. The standard InChI is InChI=1S/C15H23N3O/c1-13(10-18-8-6-16-7-9-18)15(11-19-12-15)14-4-2-3-5-17-14/h2-5,13,16H,6-12H2,1H3. The van der Waals surface area contributed by atoms with Gasteiger partial charge in [-0.05, 0) is 18.1 Å². The molecule has 0 radical (unpaired) electrons. The molecule has 104 valence electrons. The minimum Gasteiger partial charge on any atom is -0.379 e. The Hall–Kier alpha value is -0.970. The molecule has 1 aromatic rings. The van der Waals surface area contributed by atoms with Crippen LogP contribution in [0.3, 0.4) is 0 Å². The molecule has 0 aromatic carbocycles. The largest absolute Gasteiger partial charge is 0.379 e. The number of nitrogens with zero attached hydrogens (tertiary/aromatic N) is 2. The van der Waals surface area contributed by atoms with Crippen LogP contribution in [0.5, 0.6) is 0 Å². The Morgan fingerprint density at radius 1 is 1.37 bits per heavy atom. The van der Waals surface area contributed by atoms with Gasteiger partial charge in [0.15, 0.2) is 0 Å². The van der Waals surface area contributed by atoms with Gasteiger partial charge in [-0.15, -0.1) is 0 Å². The topological polar surface area (TPSA) is 37.4 Å². The molecule has 0 aliphatic carbocycles. The monoisotopic (exact) mass is 261 g/mol. The molecule has 2 fully saturated rings. The van der Waals surface area contributed by atoms with E-state index in [2.05, 4.69) is 34.3 Å². The number of hydrogen-bond acceptors (Lipinski definition) is 4. The van der Waals surface area contributed by atoms with Crippen LogP contribution in [0.25, 0.3) is 0 Å². The Balaban J connectivity index is 1.71. The fourth-order valence-electron chi connectivity index (χ4n) is 3.12. The second-order valence-electron chi connectivity index (χ2n) is 5.82. The Bertz CT molecular complexity index is 399. The summed E-state index contributed by atoms with van der Waals surface area (Å²) in [5.41, 5.74) is 1.33. The van der Waals surface area contributed by atoms with Crippen LogP contribution in [0.1, 0.15) is 12.6 Å². The molecule has 19 heavy (non-hydrogen) atoms. The van der Waals surface area contributed by atoms with E-state index in [1.54, 1.807) is 0 Å². The van der Waals surface area contributed by atoms with Crippen molar-refractivity contribution >= 4 is 0 Å². The van der Waals surface area contributed by atoms with Gasteiger partial charge in [-0.25, -0.2) is 0 Å². The number of pyridine rings is 1. The average Bonchev–Trinajstić information content (AvgIpc) is 2.40. The van der Waals surface area contributed by atoms with Crippen LogP contribution in [-0.4, -0.2) is 55.8 Å². The van der Waals surface area contributed by atoms with Crippen LogP contribution < -0.4 is 5.32 Å². The third-order valence-electron chi connectivity index (χ3n) is 4.58. The normalized spacial score (nSPS) is 24.7. The predicted octanol–water partition coefficient (Wildman–Crippen LogP) is 0.891. The average molecular weight is 261 g/mol. The van der Waals surface area contributed by atoms with Crippen LogP contribution >= 0.6 is 0 Å². The molecule has 2 aliphatic heterocycles. The van der Waals surface area contributed by atoms with E-state index >= 15 is 0 Å². The molecule has 4 nitrogen and oxygen atoms in total. The summed E-state index contributed by atoms with van der Waals surface area (Å²) in [6.07, 6.45) is 1.90. The first kappa shape index (κ1) is 13.0. The van der Waals surface area contributed by atoms with Crippen LogP contribution in [0, 0.1) is 5.92 Å². The van der Waals surface area contributed by atoms with E-state index in [1.165, 1.54) is 5.69 Å². The Labute approximate surface area is 115 Å². The summed E-state index contributed by atoms with van der Waals surface area (Å²) in [5.74, 6) is 0.578. The molecule has 2 saturated heterocycles. The lowest BCUT2D eigenvalue weighted by molar-refractivity contribution is -0.0947. The maximum absolute atomic E-state index is 5.53. The highest BCUT2D eigenvalue weighted by Crippen LogP contribution is 2.38. The SMILES string of the molecule is CC(CN1CCNCC1)C1(c2ccccn2)COC1. The molecule has 4 heteroatoms. The zero-order valence-corrected chi connectivity index (χ0v) is 11.6. The molecule has 0 spiro atoms. The molecule has 1 aromatic heterocycles. The minimum absolute atomic E-state index is 0.131. The van der Waals surface area contributed by atoms with E-state index in [9.17, 15) is 0 Å². The van der Waals surface area contributed by atoms with Crippen LogP contribution in [0.2, 0.25) is 0 Å². The van der Waals surface area contributed by atoms with Crippen molar-refractivity contribution in [3.8, 4) is 0 Å². The maximum Gasteiger partial charge on any atom is 0.0630 e. The van der Waals surface area contributed by atoms with Crippen molar-refractivity contribution in [1.29, 1.82) is 0 Å². The number of hydrogen-bond donors (Lipinski definition) is 1. The van der Waals surface area contributed by atoms with Crippen LogP contribution in [0.15, 0.2) is 24.4 Å². The first-order valence-corrected chi connectivity index (χ1v) is 7.24. The first-order chi connectivity index (χ1) is 9.31. The lowest BCUT2D eigenvalue weighted by Crippen LogP contribution is -2.56. The van der Waals surface area contributed by atoms with Gasteiger partial charge in [0.05, 0.1) is 24.3 Å². The Morgan fingerprint density at radius 2 is 2.16 bits per heavy atom. The van der Waals surface area contributed by atoms with Crippen LogP contribution in [-0.2, 0) is 10.2 Å². The summed E-state index contributed by atoms with van der Waals surface area (Å²) >= 11 is 0. The number of piperazine rings is 1. The summed E-state index contributed by atoms with van der Waals surface area (Å²) in [5, 5.41) is 3.41. The van der Waals surface area contributed by atoms with Crippen molar-refractivity contribution in [3.05, 3.63) is 30.1 Å². The predicted molar refractivity (Wildman–Crippen MR) is 75.2 cm³/mol. The van der Waals surface area contributed by atoms with E-state index in [-0.39, 0.29) is 5.41 Å². The molecule has 3 rings (SSSR count). The quantitative estimate of drug-likeness (QED) is 0.873. The van der Waals surface area contributed by atoms with E-state index in [4.69, 9.17) is 4.74 Å². The molecule has 2 aliphatic rings. The summed E-state index contributed by atoms with van der Waals surface area (Å²) in [4.78, 5) is 7.14. The number of aromatic nitrogens is 1. The Morgan fingerprint density at radius 3 is 2.74 bits per heavy atom. The van der Waals surface area contributed by atoms with E-state index in [0.29, 0.717) is 5.92 Å². The lowest BCUT2D eigenvalue weighted by Gasteiger charge is -2.47. The lowest BCUT2D eigenvalue weighted by atomic mass is 9.71. The van der Waals surface area contributed by atoms with Crippen molar-refractivity contribution in [2.45, 2.75) is 12.3 Å². The summed E-state index contributed by atoms with van der Waals surface area (Å²) in [6.45, 7) is 9.65. The third-order valence-corrected chi connectivity index (χ3v) is 4.58. The van der Waals surface area contributed by atoms with Crippen molar-refractivity contribution in [3.63, 3.8) is 0 Å². The smallest absolute Gasteiger partial charge is 0.0630 e. The van der Waals surface area contributed by atoms with Crippen LogP contribution in [0.4, 0.5) is 0 Å². The zero-order valence-electron chi connectivity index (χ0n) is 11.6. The van der Waals surface area contributed by atoms with Crippen molar-refractivity contribution in [2.75, 3.05) is 45.9 Å². The van der Waals surface area contributed by atoms with Gasteiger partial charge >= 0.3 is 0 Å². The fraction of sp³-hybridized carbons (Fsp3) is 0.667. The van der Waals surface area contributed by atoms with Gasteiger partial charge in [0.25, 0.3) is 0 Å². The number of nitrogens with one attached hydrogen (secondary N) is 1. The van der Waals surface area contributed by atoms with Gasteiger partial charge in [-0.3, -0.25) is 4.98 Å². The highest BCUT2D eigenvalue weighted by molar-refractivity contribution is 5.22. The van der Waals surface area contributed by atoms with Gasteiger partial charge < -0.3 is 15.0 Å². The molecule has 1 N–H and O–H groups in total. The maximum atomic E-state index is 5.53. The van der Waals surface area contributed by atoms with Gasteiger partial charge in [-0.1, -0.05) is 13.0 Å².